The molecule has 1 saturated heterocycles. The Morgan fingerprint density at radius 2 is 2.04 bits per heavy atom. The minimum Gasteiger partial charge on any atom is -0.396 e. The van der Waals surface area contributed by atoms with Crippen molar-refractivity contribution in [3.8, 4) is 0 Å². The normalized spacial score (nSPS) is 20.9. The van der Waals surface area contributed by atoms with Gasteiger partial charge in [0.25, 0.3) is 0 Å². The molecule has 1 aliphatic rings. The zero-order valence-electron chi connectivity index (χ0n) is 14.2. The molecule has 1 fully saturated rings. The molecule has 0 radical (unpaired) electrons. The van der Waals surface area contributed by atoms with Crippen LogP contribution in [0.1, 0.15) is 24.8 Å². The molecule has 0 unspecified atom stereocenters. The van der Waals surface area contributed by atoms with Crippen molar-refractivity contribution < 1.29 is 5.11 Å². The number of piperidine rings is 1. The SMILES string of the molecule is OC[C@@]1(CCc2ccccc2)CCCN(c2ncnc3nc[nH]c23)C1. The molecule has 3 heterocycles. The number of aromatic amines is 1. The van der Waals surface area contributed by atoms with E-state index in [4.69, 9.17) is 0 Å². The number of nitrogens with zero attached hydrogens (tertiary/aromatic N) is 4. The number of hydrogen-bond acceptors (Lipinski definition) is 5. The number of fused-ring (bicyclic) bond motifs is 1. The summed E-state index contributed by atoms with van der Waals surface area (Å²) in [5, 5.41) is 10.2. The zero-order chi connectivity index (χ0) is 17.1. The summed E-state index contributed by atoms with van der Waals surface area (Å²) in [7, 11) is 0. The Kier molecular flexibility index (Phi) is 4.36. The molecule has 1 atom stereocenters. The lowest BCUT2D eigenvalue weighted by molar-refractivity contribution is 0.0963. The number of nitrogens with one attached hydrogen (secondary N) is 1. The molecule has 6 heteroatoms. The minimum atomic E-state index is -0.0919. The highest BCUT2D eigenvalue weighted by atomic mass is 16.3. The van der Waals surface area contributed by atoms with Gasteiger partial charge < -0.3 is 15.0 Å². The van der Waals surface area contributed by atoms with Crippen molar-refractivity contribution in [2.45, 2.75) is 25.7 Å². The highest BCUT2D eigenvalue weighted by molar-refractivity contribution is 5.82. The highest BCUT2D eigenvalue weighted by Gasteiger charge is 2.35. The van der Waals surface area contributed by atoms with Gasteiger partial charge in [-0.15, -0.1) is 0 Å². The molecular weight excluding hydrogens is 314 g/mol. The van der Waals surface area contributed by atoms with Gasteiger partial charge in [0.05, 0.1) is 12.9 Å². The van der Waals surface area contributed by atoms with Crippen LogP contribution < -0.4 is 4.90 Å². The van der Waals surface area contributed by atoms with Crippen molar-refractivity contribution in [1.29, 1.82) is 0 Å². The molecule has 0 spiro atoms. The Morgan fingerprint density at radius 1 is 1.16 bits per heavy atom. The molecule has 4 rings (SSSR count). The third-order valence-corrected chi connectivity index (χ3v) is 5.29. The predicted molar refractivity (Wildman–Crippen MR) is 97.4 cm³/mol. The van der Waals surface area contributed by atoms with Crippen LogP contribution in [0.4, 0.5) is 5.82 Å². The van der Waals surface area contributed by atoms with Crippen molar-refractivity contribution in [3.05, 3.63) is 48.5 Å². The monoisotopic (exact) mass is 337 g/mol. The van der Waals surface area contributed by atoms with E-state index in [1.54, 1.807) is 12.7 Å². The topological polar surface area (TPSA) is 77.9 Å². The Bertz CT molecular complexity index is 834. The van der Waals surface area contributed by atoms with Gasteiger partial charge >= 0.3 is 0 Å². The Hall–Kier alpha value is -2.47. The molecule has 0 bridgehead atoms. The van der Waals surface area contributed by atoms with Crippen LogP contribution in [-0.4, -0.2) is 44.7 Å². The number of H-pyrrole nitrogens is 1. The molecule has 3 aromatic rings. The lowest BCUT2D eigenvalue weighted by atomic mass is 9.76. The maximum atomic E-state index is 10.2. The second-order valence-corrected chi connectivity index (χ2v) is 6.97. The molecule has 2 N–H and O–H groups in total. The fraction of sp³-hybridized carbons (Fsp3) is 0.421. The lowest BCUT2D eigenvalue weighted by Crippen LogP contribution is -2.46. The number of imidazole rings is 1. The van der Waals surface area contributed by atoms with Crippen LogP contribution >= 0.6 is 0 Å². The van der Waals surface area contributed by atoms with Gasteiger partial charge in [0.1, 0.15) is 11.8 Å². The largest absolute Gasteiger partial charge is 0.396 e. The Balaban J connectivity index is 1.55. The summed E-state index contributed by atoms with van der Waals surface area (Å²) in [5.74, 6) is 0.889. The average Bonchev–Trinajstić information content (AvgIpc) is 3.16. The highest BCUT2D eigenvalue weighted by Crippen LogP contribution is 2.36. The van der Waals surface area contributed by atoms with Crippen molar-refractivity contribution >= 4 is 17.0 Å². The molecule has 0 amide bonds. The van der Waals surface area contributed by atoms with E-state index < -0.39 is 0 Å². The first-order valence-electron chi connectivity index (χ1n) is 8.83. The summed E-state index contributed by atoms with van der Waals surface area (Å²) < 4.78 is 0. The summed E-state index contributed by atoms with van der Waals surface area (Å²) in [5.41, 5.74) is 2.80. The van der Waals surface area contributed by atoms with Crippen molar-refractivity contribution in [1.82, 2.24) is 19.9 Å². The molecular formula is C19H23N5O. The first kappa shape index (κ1) is 16.0. The first-order valence-corrected chi connectivity index (χ1v) is 8.83. The van der Waals surface area contributed by atoms with Crippen molar-refractivity contribution in [2.24, 2.45) is 5.41 Å². The fourth-order valence-corrected chi connectivity index (χ4v) is 3.85. The van der Waals surface area contributed by atoms with Crippen LogP contribution in [0, 0.1) is 5.41 Å². The van der Waals surface area contributed by atoms with Crippen LogP contribution in [0.5, 0.6) is 0 Å². The van der Waals surface area contributed by atoms with Gasteiger partial charge in [0, 0.05) is 18.5 Å². The molecule has 1 aliphatic heterocycles. The number of aromatic nitrogens is 4. The number of benzene rings is 1. The molecule has 130 valence electrons. The standard InChI is InChI=1S/C19H23N5O/c25-12-19(9-7-15-5-2-1-3-6-15)8-4-10-24(11-19)18-16-17(21-13-20-16)22-14-23-18/h1-3,5-6,13-14,25H,4,7-12H2,(H,20,21,22,23)/t19-/m1/s1. The first-order chi connectivity index (χ1) is 12.3. The molecule has 6 nitrogen and oxygen atoms in total. The van der Waals surface area contributed by atoms with E-state index in [1.807, 2.05) is 6.07 Å². The van der Waals surface area contributed by atoms with E-state index in [9.17, 15) is 5.11 Å². The van der Waals surface area contributed by atoms with Gasteiger partial charge in [-0.2, -0.15) is 0 Å². The van der Waals surface area contributed by atoms with Gasteiger partial charge in [-0.1, -0.05) is 30.3 Å². The third-order valence-electron chi connectivity index (χ3n) is 5.29. The van der Waals surface area contributed by atoms with E-state index in [0.717, 1.165) is 50.1 Å². The molecule has 2 aromatic heterocycles. The van der Waals surface area contributed by atoms with Crippen LogP contribution in [0.25, 0.3) is 11.2 Å². The number of aliphatic hydroxyl groups excluding tert-OH is 1. The second-order valence-electron chi connectivity index (χ2n) is 6.97. The summed E-state index contributed by atoms with van der Waals surface area (Å²) in [6, 6.07) is 10.5. The smallest absolute Gasteiger partial charge is 0.182 e. The van der Waals surface area contributed by atoms with Crippen LogP contribution in [0.3, 0.4) is 0 Å². The van der Waals surface area contributed by atoms with Gasteiger partial charge in [-0.05, 0) is 31.2 Å². The van der Waals surface area contributed by atoms with E-state index in [-0.39, 0.29) is 12.0 Å². The van der Waals surface area contributed by atoms with Crippen molar-refractivity contribution in [2.75, 3.05) is 24.6 Å². The van der Waals surface area contributed by atoms with Gasteiger partial charge in [0.2, 0.25) is 0 Å². The number of aryl methyl sites for hydroxylation is 1. The zero-order valence-corrected chi connectivity index (χ0v) is 14.2. The molecule has 0 aliphatic carbocycles. The maximum absolute atomic E-state index is 10.2. The van der Waals surface area contributed by atoms with E-state index in [1.165, 1.54) is 5.56 Å². The second kappa shape index (κ2) is 6.80. The molecule has 0 saturated carbocycles. The third kappa shape index (κ3) is 3.22. The molecule has 25 heavy (non-hydrogen) atoms. The van der Waals surface area contributed by atoms with Gasteiger partial charge in [-0.3, -0.25) is 0 Å². The summed E-state index contributed by atoms with van der Waals surface area (Å²) in [6.07, 6.45) is 7.28. The lowest BCUT2D eigenvalue weighted by Gasteiger charge is -2.42. The van der Waals surface area contributed by atoms with E-state index in [0.29, 0.717) is 5.65 Å². The number of aliphatic hydroxyl groups is 1. The number of rotatable bonds is 5. The van der Waals surface area contributed by atoms with Crippen LogP contribution in [-0.2, 0) is 6.42 Å². The van der Waals surface area contributed by atoms with Crippen LogP contribution in [0.15, 0.2) is 43.0 Å². The fourth-order valence-electron chi connectivity index (χ4n) is 3.85. The Morgan fingerprint density at radius 3 is 2.88 bits per heavy atom. The van der Waals surface area contributed by atoms with Crippen molar-refractivity contribution in [3.63, 3.8) is 0 Å². The van der Waals surface area contributed by atoms with Gasteiger partial charge in [0.15, 0.2) is 11.5 Å². The Labute approximate surface area is 147 Å². The van der Waals surface area contributed by atoms with Gasteiger partial charge in [-0.25, -0.2) is 15.0 Å². The quantitative estimate of drug-likeness (QED) is 0.748. The number of hydrogen-bond donors (Lipinski definition) is 2. The van der Waals surface area contributed by atoms with Crippen LogP contribution in [0.2, 0.25) is 0 Å². The average molecular weight is 337 g/mol. The predicted octanol–water partition coefficient (Wildman–Crippen LogP) is 2.56. The van der Waals surface area contributed by atoms with E-state index >= 15 is 0 Å². The minimum absolute atomic E-state index is 0.0919. The summed E-state index contributed by atoms with van der Waals surface area (Å²) in [6.45, 7) is 1.95. The number of anilines is 1. The van der Waals surface area contributed by atoms with E-state index in [2.05, 4.69) is 49.1 Å². The molecule has 1 aromatic carbocycles. The maximum Gasteiger partial charge on any atom is 0.182 e. The summed E-state index contributed by atoms with van der Waals surface area (Å²) >= 11 is 0. The summed E-state index contributed by atoms with van der Waals surface area (Å²) in [4.78, 5) is 18.3.